The van der Waals surface area contributed by atoms with Gasteiger partial charge in [-0.15, -0.1) is 0 Å². The molecule has 2 aliphatic rings. The Morgan fingerprint density at radius 1 is 1.31 bits per heavy atom. The van der Waals surface area contributed by atoms with E-state index in [-0.39, 0.29) is 5.54 Å². The van der Waals surface area contributed by atoms with Crippen molar-refractivity contribution in [1.29, 1.82) is 0 Å². The molecule has 0 bridgehead atoms. The molecule has 0 saturated heterocycles. The van der Waals surface area contributed by atoms with Crippen molar-refractivity contribution in [3.63, 3.8) is 0 Å². The molecule has 68 valence electrons. The van der Waals surface area contributed by atoms with Crippen molar-refractivity contribution < 1.29 is 0 Å². The molecule has 2 unspecified atom stereocenters. The molecule has 2 aliphatic carbocycles. The predicted molar refractivity (Wildman–Crippen MR) is 56.2 cm³/mol. The van der Waals surface area contributed by atoms with Gasteiger partial charge in [-0.3, -0.25) is 0 Å². The van der Waals surface area contributed by atoms with Crippen LogP contribution >= 0.6 is 0 Å². The average Bonchev–Trinajstić information content (AvgIpc) is 2.13. The van der Waals surface area contributed by atoms with Crippen LogP contribution in [0.2, 0.25) is 0 Å². The van der Waals surface area contributed by atoms with Crippen LogP contribution in [0.15, 0.2) is 47.6 Å². The van der Waals surface area contributed by atoms with Crippen molar-refractivity contribution in [2.24, 2.45) is 11.7 Å². The first-order valence-corrected chi connectivity index (χ1v) is 4.65. The summed E-state index contributed by atoms with van der Waals surface area (Å²) in [5, 5.41) is 0. The van der Waals surface area contributed by atoms with Crippen LogP contribution in [-0.2, 0) is 0 Å². The second-order valence-corrected chi connectivity index (χ2v) is 4.06. The van der Waals surface area contributed by atoms with Gasteiger partial charge in [-0.2, -0.15) is 0 Å². The zero-order valence-electron chi connectivity index (χ0n) is 8.12. The SMILES string of the molecule is CC1=C2C=CC=CC2C(C)(N)C=C1. The molecule has 2 rings (SSSR count). The maximum atomic E-state index is 6.19. The van der Waals surface area contributed by atoms with Gasteiger partial charge in [0.2, 0.25) is 0 Å². The second kappa shape index (κ2) is 2.71. The summed E-state index contributed by atoms with van der Waals surface area (Å²) in [7, 11) is 0. The molecule has 13 heavy (non-hydrogen) atoms. The maximum Gasteiger partial charge on any atom is 0.0418 e. The van der Waals surface area contributed by atoms with Gasteiger partial charge in [0.15, 0.2) is 0 Å². The lowest BCUT2D eigenvalue weighted by atomic mass is 9.74. The van der Waals surface area contributed by atoms with E-state index in [1.54, 1.807) is 0 Å². The fraction of sp³-hybridized carbons (Fsp3) is 0.333. The Morgan fingerprint density at radius 2 is 2.08 bits per heavy atom. The molecule has 0 radical (unpaired) electrons. The molecule has 0 aromatic heterocycles. The molecule has 2 N–H and O–H groups in total. The molecule has 0 amide bonds. The summed E-state index contributed by atoms with van der Waals surface area (Å²) < 4.78 is 0. The lowest BCUT2D eigenvalue weighted by Gasteiger charge is -2.35. The Morgan fingerprint density at radius 3 is 2.77 bits per heavy atom. The number of allylic oxidation sites excluding steroid dienone is 5. The van der Waals surface area contributed by atoms with Gasteiger partial charge >= 0.3 is 0 Å². The normalized spacial score (nSPS) is 36.7. The lowest BCUT2D eigenvalue weighted by Crippen LogP contribution is -2.44. The number of fused-ring (bicyclic) bond motifs is 1. The molecule has 0 aliphatic heterocycles. The van der Waals surface area contributed by atoms with Crippen LogP contribution in [0.3, 0.4) is 0 Å². The Kier molecular flexibility index (Phi) is 1.77. The molecule has 0 spiro atoms. The van der Waals surface area contributed by atoms with E-state index in [1.807, 2.05) is 0 Å². The van der Waals surface area contributed by atoms with Crippen molar-refractivity contribution in [2.75, 3.05) is 0 Å². The van der Waals surface area contributed by atoms with Crippen molar-refractivity contribution >= 4 is 0 Å². The molecule has 0 fully saturated rings. The quantitative estimate of drug-likeness (QED) is 0.597. The zero-order chi connectivity index (χ0) is 9.47. The number of hydrogen-bond acceptors (Lipinski definition) is 1. The zero-order valence-corrected chi connectivity index (χ0v) is 8.12. The Bertz CT molecular complexity index is 340. The first-order valence-electron chi connectivity index (χ1n) is 4.65. The van der Waals surface area contributed by atoms with E-state index in [9.17, 15) is 0 Å². The Labute approximate surface area is 79.3 Å². The van der Waals surface area contributed by atoms with Gasteiger partial charge in [0, 0.05) is 11.5 Å². The van der Waals surface area contributed by atoms with Crippen LogP contribution in [0.4, 0.5) is 0 Å². The minimum atomic E-state index is -0.226. The summed E-state index contributed by atoms with van der Waals surface area (Å²) in [5.74, 6) is 0.350. The fourth-order valence-electron chi connectivity index (χ4n) is 1.97. The van der Waals surface area contributed by atoms with E-state index in [4.69, 9.17) is 5.73 Å². The molecular formula is C12H15N. The van der Waals surface area contributed by atoms with Crippen LogP contribution < -0.4 is 5.73 Å². The number of nitrogens with two attached hydrogens (primary N) is 1. The van der Waals surface area contributed by atoms with Crippen molar-refractivity contribution in [1.82, 2.24) is 0 Å². The van der Waals surface area contributed by atoms with E-state index >= 15 is 0 Å². The summed E-state index contributed by atoms with van der Waals surface area (Å²) in [4.78, 5) is 0. The van der Waals surface area contributed by atoms with E-state index in [0.29, 0.717) is 5.92 Å². The Hall–Kier alpha value is -1.08. The first kappa shape index (κ1) is 8.52. The van der Waals surface area contributed by atoms with Crippen molar-refractivity contribution in [3.05, 3.63) is 47.6 Å². The standard InChI is InChI=1S/C12H15N/c1-9-7-8-12(2,13)11-6-4-3-5-10(9)11/h3-8,11H,13H2,1-2H3. The van der Waals surface area contributed by atoms with E-state index in [1.165, 1.54) is 11.1 Å². The van der Waals surface area contributed by atoms with Gasteiger partial charge < -0.3 is 5.73 Å². The molecule has 0 saturated carbocycles. The minimum Gasteiger partial charge on any atom is -0.321 e. The van der Waals surface area contributed by atoms with Crippen LogP contribution in [0, 0.1) is 5.92 Å². The predicted octanol–water partition coefficient (Wildman–Crippen LogP) is 2.33. The number of hydrogen-bond donors (Lipinski definition) is 1. The summed E-state index contributed by atoms with van der Waals surface area (Å²) in [5.41, 5.74) is 8.65. The first-order chi connectivity index (χ1) is 6.11. The second-order valence-electron chi connectivity index (χ2n) is 4.06. The van der Waals surface area contributed by atoms with Gasteiger partial charge in [0.25, 0.3) is 0 Å². The van der Waals surface area contributed by atoms with Crippen LogP contribution in [0.1, 0.15) is 13.8 Å². The molecular weight excluding hydrogens is 158 g/mol. The number of rotatable bonds is 0. The van der Waals surface area contributed by atoms with E-state index < -0.39 is 0 Å². The summed E-state index contributed by atoms with van der Waals surface area (Å²) in [6.07, 6.45) is 12.7. The third-order valence-corrected chi connectivity index (χ3v) is 2.84. The van der Waals surface area contributed by atoms with Crippen LogP contribution in [0.25, 0.3) is 0 Å². The molecule has 2 atom stereocenters. The fourth-order valence-corrected chi connectivity index (χ4v) is 1.97. The summed E-state index contributed by atoms with van der Waals surface area (Å²) in [6.45, 7) is 4.21. The lowest BCUT2D eigenvalue weighted by molar-refractivity contribution is 0.475. The summed E-state index contributed by atoms with van der Waals surface area (Å²) >= 11 is 0. The Balaban J connectivity index is 2.50. The largest absolute Gasteiger partial charge is 0.321 e. The molecule has 0 heterocycles. The topological polar surface area (TPSA) is 26.0 Å². The highest BCUT2D eigenvalue weighted by molar-refractivity contribution is 5.47. The third-order valence-electron chi connectivity index (χ3n) is 2.84. The highest BCUT2D eigenvalue weighted by Gasteiger charge is 2.31. The highest BCUT2D eigenvalue weighted by atomic mass is 14.7. The third kappa shape index (κ3) is 1.29. The maximum absolute atomic E-state index is 6.19. The van der Waals surface area contributed by atoms with Gasteiger partial charge in [-0.1, -0.05) is 36.5 Å². The van der Waals surface area contributed by atoms with Crippen LogP contribution in [0.5, 0.6) is 0 Å². The van der Waals surface area contributed by atoms with Gasteiger partial charge in [-0.05, 0) is 25.0 Å². The minimum absolute atomic E-state index is 0.226. The molecule has 0 aromatic rings. The molecule has 0 aromatic carbocycles. The highest BCUT2D eigenvalue weighted by Crippen LogP contribution is 2.34. The van der Waals surface area contributed by atoms with E-state index in [2.05, 4.69) is 50.3 Å². The van der Waals surface area contributed by atoms with Crippen molar-refractivity contribution in [3.8, 4) is 0 Å². The van der Waals surface area contributed by atoms with Crippen molar-refractivity contribution in [2.45, 2.75) is 19.4 Å². The van der Waals surface area contributed by atoms with E-state index in [0.717, 1.165) is 0 Å². The average molecular weight is 173 g/mol. The summed E-state index contributed by atoms with van der Waals surface area (Å²) in [6, 6.07) is 0. The monoisotopic (exact) mass is 173 g/mol. The van der Waals surface area contributed by atoms with Gasteiger partial charge in [0.1, 0.15) is 0 Å². The van der Waals surface area contributed by atoms with Crippen LogP contribution in [-0.4, -0.2) is 5.54 Å². The van der Waals surface area contributed by atoms with Gasteiger partial charge in [-0.25, -0.2) is 0 Å². The smallest absolute Gasteiger partial charge is 0.0418 e. The molecule has 1 nitrogen and oxygen atoms in total. The van der Waals surface area contributed by atoms with Gasteiger partial charge in [0.05, 0.1) is 0 Å². The molecule has 1 heteroatoms.